The van der Waals surface area contributed by atoms with Gasteiger partial charge in [-0.25, -0.2) is 0 Å². The van der Waals surface area contributed by atoms with E-state index < -0.39 is 30.4 Å². The van der Waals surface area contributed by atoms with E-state index in [1.165, 1.54) is 18.3 Å². The molecule has 3 N–H and O–H groups in total. The lowest BCUT2D eigenvalue weighted by atomic mass is 10.2. The minimum Gasteiger partial charge on any atom is -0.451 e. The number of anilines is 1. The standard InChI is InChI=1S/C19H21N3O5S/c1-12-5-7-14(8-6-12)22-18(25)13(2)27-17(24)11-20-16(23)10-21-19(26)15-4-3-9-28-15/h3-9,13H,10-11H2,1-2H3,(H,20,23)(H,21,26)(H,22,25)/t13-/m0/s1. The Hall–Kier alpha value is -3.20. The monoisotopic (exact) mass is 403 g/mol. The Morgan fingerprint density at radius 2 is 1.75 bits per heavy atom. The Labute approximate surface area is 166 Å². The van der Waals surface area contributed by atoms with Crippen molar-refractivity contribution in [3.05, 3.63) is 52.2 Å². The van der Waals surface area contributed by atoms with E-state index in [1.54, 1.807) is 29.6 Å². The van der Waals surface area contributed by atoms with E-state index in [0.717, 1.165) is 5.56 Å². The van der Waals surface area contributed by atoms with Crippen LogP contribution in [0.4, 0.5) is 5.69 Å². The molecule has 2 aromatic rings. The number of amides is 3. The molecule has 0 fully saturated rings. The molecule has 8 nitrogen and oxygen atoms in total. The molecule has 28 heavy (non-hydrogen) atoms. The van der Waals surface area contributed by atoms with E-state index in [9.17, 15) is 19.2 Å². The molecule has 9 heteroatoms. The average Bonchev–Trinajstić information content (AvgIpc) is 3.21. The highest BCUT2D eigenvalue weighted by Crippen LogP contribution is 2.09. The number of nitrogens with one attached hydrogen (secondary N) is 3. The van der Waals surface area contributed by atoms with Gasteiger partial charge in [0.1, 0.15) is 6.54 Å². The highest BCUT2D eigenvalue weighted by Gasteiger charge is 2.18. The smallest absolute Gasteiger partial charge is 0.326 e. The van der Waals surface area contributed by atoms with E-state index in [0.29, 0.717) is 10.6 Å². The maximum Gasteiger partial charge on any atom is 0.326 e. The molecule has 0 unspecified atom stereocenters. The number of carbonyl (C=O) groups excluding carboxylic acids is 4. The third-order valence-corrected chi connectivity index (χ3v) is 4.45. The summed E-state index contributed by atoms with van der Waals surface area (Å²) >= 11 is 1.26. The van der Waals surface area contributed by atoms with Crippen LogP contribution in [0.3, 0.4) is 0 Å². The minimum absolute atomic E-state index is 0.270. The number of hydrogen-bond donors (Lipinski definition) is 3. The zero-order valence-electron chi connectivity index (χ0n) is 15.5. The van der Waals surface area contributed by atoms with Crippen molar-refractivity contribution in [2.24, 2.45) is 0 Å². The number of hydrogen-bond acceptors (Lipinski definition) is 6. The Morgan fingerprint density at radius 1 is 1.04 bits per heavy atom. The molecule has 1 heterocycles. The molecular formula is C19H21N3O5S. The number of rotatable bonds is 8. The zero-order valence-corrected chi connectivity index (χ0v) is 16.3. The summed E-state index contributed by atoms with van der Waals surface area (Å²) in [5.41, 5.74) is 1.65. The van der Waals surface area contributed by atoms with Crippen LogP contribution in [0.1, 0.15) is 22.2 Å². The van der Waals surface area contributed by atoms with Gasteiger partial charge < -0.3 is 20.7 Å². The molecule has 0 saturated carbocycles. The SMILES string of the molecule is Cc1ccc(NC(=O)[C@H](C)OC(=O)CNC(=O)CNC(=O)c2cccs2)cc1. The molecule has 0 aliphatic rings. The van der Waals surface area contributed by atoms with Crippen LogP contribution in [0.2, 0.25) is 0 Å². The van der Waals surface area contributed by atoms with Crippen LogP contribution >= 0.6 is 11.3 Å². The largest absolute Gasteiger partial charge is 0.451 e. The second-order valence-corrected chi connectivity index (χ2v) is 6.87. The van der Waals surface area contributed by atoms with Crippen LogP contribution in [0, 0.1) is 6.92 Å². The molecular weight excluding hydrogens is 382 g/mol. The molecule has 0 saturated heterocycles. The van der Waals surface area contributed by atoms with E-state index in [2.05, 4.69) is 16.0 Å². The summed E-state index contributed by atoms with van der Waals surface area (Å²) in [6.07, 6.45) is -1.02. The quantitative estimate of drug-likeness (QED) is 0.578. The summed E-state index contributed by atoms with van der Waals surface area (Å²) in [6, 6.07) is 10.5. The van der Waals surface area contributed by atoms with Crippen LogP contribution in [0.5, 0.6) is 0 Å². The highest BCUT2D eigenvalue weighted by molar-refractivity contribution is 7.12. The van der Waals surface area contributed by atoms with Gasteiger partial charge in [-0.05, 0) is 37.4 Å². The summed E-state index contributed by atoms with van der Waals surface area (Å²) in [6.45, 7) is 2.69. The summed E-state index contributed by atoms with van der Waals surface area (Å²) in [4.78, 5) is 47.7. The van der Waals surface area contributed by atoms with Crippen molar-refractivity contribution in [2.75, 3.05) is 18.4 Å². The predicted octanol–water partition coefficient (Wildman–Crippen LogP) is 1.47. The van der Waals surface area contributed by atoms with Crippen LogP contribution in [0.25, 0.3) is 0 Å². The van der Waals surface area contributed by atoms with Gasteiger partial charge in [0.05, 0.1) is 11.4 Å². The van der Waals surface area contributed by atoms with Gasteiger partial charge in [-0.3, -0.25) is 19.2 Å². The molecule has 148 valence electrons. The number of aryl methyl sites for hydroxylation is 1. The second kappa shape index (κ2) is 10.2. The molecule has 0 radical (unpaired) electrons. The van der Waals surface area contributed by atoms with Crippen LogP contribution in [-0.4, -0.2) is 42.9 Å². The molecule has 0 spiro atoms. The van der Waals surface area contributed by atoms with Gasteiger partial charge in [-0.1, -0.05) is 23.8 Å². The number of ether oxygens (including phenoxy) is 1. The van der Waals surface area contributed by atoms with Crippen molar-refractivity contribution < 1.29 is 23.9 Å². The van der Waals surface area contributed by atoms with Gasteiger partial charge in [0.2, 0.25) is 5.91 Å². The second-order valence-electron chi connectivity index (χ2n) is 5.92. The van der Waals surface area contributed by atoms with Gasteiger partial charge in [0.15, 0.2) is 6.10 Å². The average molecular weight is 403 g/mol. The molecule has 1 atom stereocenters. The molecule has 2 rings (SSSR count). The van der Waals surface area contributed by atoms with Gasteiger partial charge in [0, 0.05) is 5.69 Å². The highest BCUT2D eigenvalue weighted by atomic mass is 32.1. The molecule has 0 aliphatic carbocycles. The first-order valence-corrected chi connectivity index (χ1v) is 9.38. The van der Waals surface area contributed by atoms with E-state index in [4.69, 9.17) is 4.74 Å². The summed E-state index contributed by atoms with van der Waals surface area (Å²) in [7, 11) is 0. The molecule has 1 aromatic carbocycles. The fraction of sp³-hybridized carbons (Fsp3) is 0.263. The van der Waals surface area contributed by atoms with Crippen molar-refractivity contribution in [3.63, 3.8) is 0 Å². The maximum atomic E-state index is 12.0. The summed E-state index contributed by atoms with van der Waals surface area (Å²) in [5.74, 6) is -2.15. The lowest BCUT2D eigenvalue weighted by Gasteiger charge is -2.14. The predicted molar refractivity (Wildman–Crippen MR) is 105 cm³/mol. The number of esters is 1. The molecule has 1 aromatic heterocycles. The summed E-state index contributed by atoms with van der Waals surface area (Å²) in [5, 5.41) is 9.16. The Morgan fingerprint density at radius 3 is 2.39 bits per heavy atom. The maximum absolute atomic E-state index is 12.0. The number of thiophene rings is 1. The lowest BCUT2D eigenvalue weighted by Crippen LogP contribution is -2.40. The third kappa shape index (κ3) is 6.84. The first-order valence-electron chi connectivity index (χ1n) is 8.50. The van der Waals surface area contributed by atoms with Crippen LogP contribution in [0.15, 0.2) is 41.8 Å². The normalized spacial score (nSPS) is 11.2. The Bertz CT molecular complexity index is 834. The first-order chi connectivity index (χ1) is 13.3. The van der Waals surface area contributed by atoms with E-state index in [-0.39, 0.29) is 12.5 Å². The van der Waals surface area contributed by atoms with Crippen molar-refractivity contribution >= 4 is 40.7 Å². The van der Waals surface area contributed by atoms with Crippen molar-refractivity contribution in [2.45, 2.75) is 20.0 Å². The first kappa shape index (κ1) is 21.1. The molecule has 3 amide bonds. The lowest BCUT2D eigenvalue weighted by molar-refractivity contribution is -0.152. The molecule has 0 bridgehead atoms. The van der Waals surface area contributed by atoms with E-state index >= 15 is 0 Å². The Balaban J connectivity index is 1.67. The Kier molecular flexibility index (Phi) is 7.70. The number of benzene rings is 1. The molecule has 0 aliphatic heterocycles. The van der Waals surface area contributed by atoms with Crippen molar-refractivity contribution in [1.82, 2.24) is 10.6 Å². The van der Waals surface area contributed by atoms with E-state index in [1.807, 2.05) is 19.1 Å². The van der Waals surface area contributed by atoms with Gasteiger partial charge in [-0.2, -0.15) is 0 Å². The van der Waals surface area contributed by atoms with Crippen LogP contribution in [-0.2, 0) is 19.1 Å². The number of carbonyl (C=O) groups is 4. The van der Waals surface area contributed by atoms with Crippen LogP contribution < -0.4 is 16.0 Å². The van der Waals surface area contributed by atoms with Gasteiger partial charge >= 0.3 is 5.97 Å². The third-order valence-electron chi connectivity index (χ3n) is 3.58. The van der Waals surface area contributed by atoms with Gasteiger partial charge in [0.25, 0.3) is 11.8 Å². The summed E-state index contributed by atoms with van der Waals surface area (Å²) < 4.78 is 4.99. The van der Waals surface area contributed by atoms with Crippen molar-refractivity contribution in [1.29, 1.82) is 0 Å². The minimum atomic E-state index is -1.02. The topological polar surface area (TPSA) is 114 Å². The zero-order chi connectivity index (χ0) is 20.5. The van der Waals surface area contributed by atoms with Crippen molar-refractivity contribution in [3.8, 4) is 0 Å². The van der Waals surface area contributed by atoms with Gasteiger partial charge in [-0.15, -0.1) is 11.3 Å². The fourth-order valence-corrected chi connectivity index (χ4v) is 2.70. The fourth-order valence-electron chi connectivity index (χ4n) is 2.06.